The van der Waals surface area contributed by atoms with Gasteiger partial charge in [0.2, 0.25) is 18.6 Å². The summed E-state index contributed by atoms with van der Waals surface area (Å²) in [5.41, 5.74) is 1.36. The van der Waals surface area contributed by atoms with Crippen LogP contribution in [0.25, 0.3) is 11.5 Å². The number of amides is 3. The van der Waals surface area contributed by atoms with Gasteiger partial charge >= 0.3 is 6.03 Å². The van der Waals surface area contributed by atoms with Crippen LogP contribution in [0.5, 0.6) is 11.5 Å². The summed E-state index contributed by atoms with van der Waals surface area (Å²) in [5.74, 6) is 1.03. The zero-order valence-electron chi connectivity index (χ0n) is 15.2. The number of fused-ring (bicyclic) bond motifs is 1. The second kappa shape index (κ2) is 8.23. The molecule has 0 fully saturated rings. The van der Waals surface area contributed by atoms with Crippen molar-refractivity contribution in [3.05, 3.63) is 54.1 Å². The first-order valence-corrected chi connectivity index (χ1v) is 9.49. The molecule has 1 aromatic heterocycles. The minimum absolute atomic E-state index is 0.170. The highest BCUT2D eigenvalue weighted by atomic mass is 32.2. The molecular formula is C19H16N4O5S. The van der Waals surface area contributed by atoms with Crippen molar-refractivity contribution in [3.8, 4) is 23.0 Å². The highest BCUT2D eigenvalue weighted by Crippen LogP contribution is 2.38. The Kier molecular flexibility index (Phi) is 5.34. The Balaban J connectivity index is 1.56. The topological polar surface area (TPSA) is 116 Å². The number of rotatable bonds is 5. The van der Waals surface area contributed by atoms with Crippen molar-refractivity contribution in [2.75, 3.05) is 13.8 Å². The van der Waals surface area contributed by atoms with Crippen LogP contribution < -0.4 is 20.1 Å². The van der Waals surface area contributed by atoms with Crippen LogP contribution >= 0.6 is 11.8 Å². The SMILES string of the molecule is CNC(=O)NC(=O)[C@H](Sc1nnc(-c2ccc3c(c2)OCO3)o1)c1ccccc1. The quantitative estimate of drug-likeness (QED) is 0.615. The molecule has 1 aliphatic rings. The summed E-state index contributed by atoms with van der Waals surface area (Å²) in [6.45, 7) is 0.170. The Bertz CT molecular complexity index is 1040. The van der Waals surface area contributed by atoms with E-state index in [-0.39, 0.29) is 17.9 Å². The first-order valence-electron chi connectivity index (χ1n) is 8.62. The van der Waals surface area contributed by atoms with Gasteiger partial charge in [-0.15, -0.1) is 10.2 Å². The normalized spacial score (nSPS) is 13.0. The number of hydrogen-bond donors (Lipinski definition) is 2. The van der Waals surface area contributed by atoms with E-state index in [0.717, 1.165) is 11.8 Å². The summed E-state index contributed by atoms with van der Waals surface area (Å²) in [7, 11) is 1.43. The van der Waals surface area contributed by atoms with Crippen molar-refractivity contribution in [2.24, 2.45) is 0 Å². The van der Waals surface area contributed by atoms with E-state index in [1.807, 2.05) is 18.2 Å². The number of urea groups is 1. The lowest BCUT2D eigenvalue weighted by atomic mass is 10.1. The maximum atomic E-state index is 12.6. The number of nitrogens with one attached hydrogen (secondary N) is 2. The third-order valence-corrected chi connectivity index (χ3v) is 5.14. The summed E-state index contributed by atoms with van der Waals surface area (Å²) in [6, 6.07) is 13.7. The van der Waals surface area contributed by atoms with Gasteiger partial charge in [0.15, 0.2) is 11.5 Å². The average molecular weight is 412 g/mol. The molecular weight excluding hydrogens is 396 g/mol. The molecule has 2 heterocycles. The van der Waals surface area contributed by atoms with Gasteiger partial charge < -0.3 is 19.2 Å². The predicted octanol–water partition coefficient (Wildman–Crippen LogP) is 2.75. The van der Waals surface area contributed by atoms with E-state index in [9.17, 15) is 9.59 Å². The maximum absolute atomic E-state index is 12.6. The Morgan fingerprint density at radius 1 is 1.07 bits per heavy atom. The van der Waals surface area contributed by atoms with Crippen molar-refractivity contribution in [3.63, 3.8) is 0 Å². The number of thioether (sulfide) groups is 1. The number of aromatic nitrogens is 2. The van der Waals surface area contributed by atoms with Gasteiger partial charge in [0.1, 0.15) is 5.25 Å². The maximum Gasteiger partial charge on any atom is 0.321 e. The molecule has 3 amide bonds. The smallest absolute Gasteiger partial charge is 0.321 e. The minimum atomic E-state index is -0.751. The van der Waals surface area contributed by atoms with Gasteiger partial charge in [0.05, 0.1) is 0 Å². The molecule has 0 radical (unpaired) electrons. The van der Waals surface area contributed by atoms with Crippen LogP contribution in [0, 0.1) is 0 Å². The number of nitrogens with zero attached hydrogens (tertiary/aromatic N) is 2. The van der Waals surface area contributed by atoms with Gasteiger partial charge in [0.25, 0.3) is 5.22 Å². The van der Waals surface area contributed by atoms with Crippen molar-refractivity contribution in [1.82, 2.24) is 20.8 Å². The lowest BCUT2D eigenvalue weighted by molar-refractivity contribution is -0.119. The Morgan fingerprint density at radius 2 is 1.86 bits per heavy atom. The summed E-state index contributed by atoms with van der Waals surface area (Å²) in [6.07, 6.45) is 0. The molecule has 0 bridgehead atoms. The third-order valence-electron chi connectivity index (χ3n) is 4.05. The molecule has 1 aliphatic heterocycles. The molecule has 4 rings (SSSR count). The molecule has 3 aromatic rings. The van der Waals surface area contributed by atoms with E-state index in [4.69, 9.17) is 13.9 Å². The van der Waals surface area contributed by atoms with E-state index in [0.29, 0.717) is 22.6 Å². The molecule has 10 heteroatoms. The van der Waals surface area contributed by atoms with Crippen LogP contribution in [-0.4, -0.2) is 36.0 Å². The van der Waals surface area contributed by atoms with Crippen molar-refractivity contribution in [1.29, 1.82) is 0 Å². The van der Waals surface area contributed by atoms with Crippen LogP contribution in [0.4, 0.5) is 4.79 Å². The van der Waals surface area contributed by atoms with Gasteiger partial charge in [-0.05, 0) is 35.5 Å². The van der Waals surface area contributed by atoms with E-state index in [1.165, 1.54) is 7.05 Å². The summed E-state index contributed by atoms with van der Waals surface area (Å²) in [5, 5.41) is 12.2. The van der Waals surface area contributed by atoms with Crippen LogP contribution in [-0.2, 0) is 4.79 Å². The number of hydrogen-bond acceptors (Lipinski definition) is 8. The van der Waals surface area contributed by atoms with Crippen LogP contribution in [0.3, 0.4) is 0 Å². The highest BCUT2D eigenvalue weighted by Gasteiger charge is 2.26. The predicted molar refractivity (Wildman–Crippen MR) is 103 cm³/mol. The highest BCUT2D eigenvalue weighted by molar-refractivity contribution is 8.00. The molecule has 148 valence electrons. The molecule has 0 saturated heterocycles. The third kappa shape index (κ3) is 4.16. The number of imide groups is 1. The first-order chi connectivity index (χ1) is 14.1. The summed E-state index contributed by atoms with van der Waals surface area (Å²) < 4.78 is 16.4. The largest absolute Gasteiger partial charge is 0.454 e. The Hall–Kier alpha value is -3.53. The lowest BCUT2D eigenvalue weighted by Crippen LogP contribution is -2.39. The monoisotopic (exact) mass is 412 g/mol. The van der Waals surface area contributed by atoms with Gasteiger partial charge in [-0.2, -0.15) is 0 Å². The number of carbonyl (C=O) groups is 2. The summed E-state index contributed by atoms with van der Waals surface area (Å²) >= 11 is 1.06. The van der Waals surface area contributed by atoms with Gasteiger partial charge in [-0.1, -0.05) is 30.3 Å². The molecule has 0 spiro atoms. The van der Waals surface area contributed by atoms with Crippen LogP contribution in [0.1, 0.15) is 10.8 Å². The first kappa shape index (κ1) is 18.8. The zero-order valence-corrected chi connectivity index (χ0v) is 16.1. The Labute approximate surface area is 169 Å². The molecule has 2 N–H and O–H groups in total. The van der Waals surface area contributed by atoms with Crippen LogP contribution in [0.2, 0.25) is 0 Å². The van der Waals surface area contributed by atoms with Gasteiger partial charge in [-0.3, -0.25) is 10.1 Å². The molecule has 0 saturated carbocycles. The van der Waals surface area contributed by atoms with E-state index >= 15 is 0 Å². The standard InChI is InChI=1S/C19H16N4O5S/c1-20-18(25)21-16(24)15(11-5-3-2-4-6-11)29-19-23-22-17(28-19)12-7-8-13-14(9-12)27-10-26-13/h2-9,15H,10H2,1H3,(H2,20,21,24,25)/t15-/m1/s1. The molecule has 1 atom stereocenters. The number of benzene rings is 2. The second-order valence-corrected chi connectivity index (χ2v) is 6.97. The fraction of sp³-hybridized carbons (Fsp3) is 0.158. The van der Waals surface area contributed by atoms with Gasteiger partial charge in [-0.25, -0.2) is 4.79 Å². The van der Waals surface area contributed by atoms with E-state index in [1.54, 1.807) is 30.3 Å². The number of ether oxygens (including phenoxy) is 2. The average Bonchev–Trinajstić information content (AvgIpc) is 3.41. The van der Waals surface area contributed by atoms with Crippen molar-refractivity contribution in [2.45, 2.75) is 10.5 Å². The Morgan fingerprint density at radius 3 is 2.66 bits per heavy atom. The fourth-order valence-electron chi connectivity index (χ4n) is 2.65. The van der Waals surface area contributed by atoms with Crippen molar-refractivity contribution >= 4 is 23.7 Å². The van der Waals surface area contributed by atoms with E-state index < -0.39 is 17.2 Å². The van der Waals surface area contributed by atoms with Gasteiger partial charge in [0, 0.05) is 12.6 Å². The van der Waals surface area contributed by atoms with Crippen molar-refractivity contribution < 1.29 is 23.5 Å². The zero-order chi connectivity index (χ0) is 20.2. The molecule has 0 unspecified atom stereocenters. The lowest BCUT2D eigenvalue weighted by Gasteiger charge is -2.14. The number of carbonyl (C=O) groups excluding carboxylic acids is 2. The molecule has 0 aliphatic carbocycles. The fourth-order valence-corrected chi connectivity index (χ4v) is 3.52. The van der Waals surface area contributed by atoms with Crippen LogP contribution in [0.15, 0.2) is 58.2 Å². The second-order valence-electron chi connectivity index (χ2n) is 5.92. The minimum Gasteiger partial charge on any atom is -0.454 e. The molecule has 9 nitrogen and oxygen atoms in total. The molecule has 29 heavy (non-hydrogen) atoms. The molecule has 2 aromatic carbocycles. The van der Waals surface area contributed by atoms with E-state index in [2.05, 4.69) is 20.8 Å². The summed E-state index contributed by atoms with van der Waals surface area (Å²) in [4.78, 5) is 24.2.